The van der Waals surface area contributed by atoms with E-state index < -0.39 is 0 Å². The monoisotopic (exact) mass is 220 g/mol. The first-order valence-corrected chi connectivity index (χ1v) is 5.16. The van der Waals surface area contributed by atoms with Gasteiger partial charge in [0.1, 0.15) is 0 Å². The first kappa shape index (κ1) is 10.5. The summed E-state index contributed by atoms with van der Waals surface area (Å²) >= 11 is 0. The Kier molecular flexibility index (Phi) is 2.80. The van der Waals surface area contributed by atoms with Gasteiger partial charge in [-0.3, -0.25) is 9.36 Å². The highest BCUT2D eigenvalue weighted by Gasteiger charge is 2.03. The minimum atomic E-state index is 0.674. The highest BCUT2D eigenvalue weighted by Crippen LogP contribution is 2.13. The molecule has 0 aliphatic rings. The maximum Gasteiger partial charge on any atom is 0.171 e. The molecule has 6 heteroatoms. The van der Waals surface area contributed by atoms with Crippen LogP contribution in [0.1, 0.15) is 5.69 Å². The Morgan fingerprint density at radius 1 is 1.44 bits per heavy atom. The number of nitrogens with zero attached hydrogens (tertiary/aromatic N) is 4. The zero-order chi connectivity index (χ0) is 11.5. The number of nitrogen functional groups attached to an aromatic ring is 1. The molecule has 0 saturated carbocycles. The predicted octanol–water partition coefficient (Wildman–Crippen LogP) is 0.390. The first-order chi connectivity index (χ1) is 7.66. The Hall–Kier alpha value is -1.98. The summed E-state index contributed by atoms with van der Waals surface area (Å²) in [6, 6.07) is 2.00. The highest BCUT2D eigenvalue weighted by molar-refractivity contribution is 5.59. The third-order valence-corrected chi connectivity index (χ3v) is 2.45. The number of nitrogens with two attached hydrogens (primary N) is 1. The molecule has 0 spiro atoms. The molecule has 0 atom stereocenters. The molecule has 0 aliphatic carbocycles. The number of aromatic nitrogens is 4. The summed E-state index contributed by atoms with van der Waals surface area (Å²) in [6.07, 6.45) is 4.48. The summed E-state index contributed by atoms with van der Waals surface area (Å²) in [5.74, 6) is 0.740. The molecule has 2 aromatic heterocycles. The SMILES string of the molecule is Cn1cc(N)c(NCCc2ccnn2C)n1. The summed E-state index contributed by atoms with van der Waals surface area (Å²) < 4.78 is 3.56. The molecule has 0 unspecified atom stereocenters. The van der Waals surface area contributed by atoms with Crippen molar-refractivity contribution in [3.63, 3.8) is 0 Å². The Labute approximate surface area is 94.1 Å². The summed E-state index contributed by atoms with van der Waals surface area (Å²) in [6.45, 7) is 0.792. The smallest absolute Gasteiger partial charge is 0.171 e. The summed E-state index contributed by atoms with van der Waals surface area (Å²) in [5.41, 5.74) is 7.62. The number of anilines is 2. The van der Waals surface area contributed by atoms with Crippen molar-refractivity contribution < 1.29 is 0 Å². The van der Waals surface area contributed by atoms with Gasteiger partial charge in [0.05, 0.1) is 5.69 Å². The van der Waals surface area contributed by atoms with Crippen LogP contribution in [0.5, 0.6) is 0 Å². The van der Waals surface area contributed by atoms with E-state index in [2.05, 4.69) is 15.5 Å². The molecular formula is C10H16N6. The standard InChI is InChI=1S/C10H16N6/c1-15-7-9(11)10(14-15)12-5-3-8-4-6-13-16(8)2/h4,6-7H,3,5,11H2,1-2H3,(H,12,14). The quantitative estimate of drug-likeness (QED) is 0.781. The number of rotatable bonds is 4. The van der Waals surface area contributed by atoms with Crippen molar-refractivity contribution in [3.8, 4) is 0 Å². The van der Waals surface area contributed by atoms with Gasteiger partial charge in [-0.2, -0.15) is 10.2 Å². The predicted molar refractivity (Wildman–Crippen MR) is 63.0 cm³/mol. The van der Waals surface area contributed by atoms with E-state index in [4.69, 9.17) is 5.73 Å². The second-order valence-corrected chi connectivity index (χ2v) is 3.73. The van der Waals surface area contributed by atoms with Gasteiger partial charge in [-0.1, -0.05) is 0 Å². The van der Waals surface area contributed by atoms with Gasteiger partial charge in [0.15, 0.2) is 5.82 Å². The molecule has 0 saturated heterocycles. The van der Waals surface area contributed by atoms with Crippen molar-refractivity contribution in [3.05, 3.63) is 24.2 Å². The lowest BCUT2D eigenvalue weighted by Crippen LogP contribution is -2.09. The molecule has 86 valence electrons. The van der Waals surface area contributed by atoms with Crippen molar-refractivity contribution in [1.29, 1.82) is 0 Å². The summed E-state index contributed by atoms with van der Waals surface area (Å²) in [4.78, 5) is 0. The molecular weight excluding hydrogens is 204 g/mol. The van der Waals surface area contributed by atoms with E-state index >= 15 is 0 Å². The van der Waals surface area contributed by atoms with E-state index in [1.165, 1.54) is 5.69 Å². The molecule has 2 rings (SSSR count). The van der Waals surface area contributed by atoms with Crippen LogP contribution in [0.2, 0.25) is 0 Å². The van der Waals surface area contributed by atoms with Crippen LogP contribution < -0.4 is 11.1 Å². The van der Waals surface area contributed by atoms with Gasteiger partial charge in [0, 0.05) is 45.1 Å². The van der Waals surface area contributed by atoms with Crippen LogP contribution in [0.4, 0.5) is 11.5 Å². The zero-order valence-corrected chi connectivity index (χ0v) is 9.51. The molecule has 2 heterocycles. The van der Waals surface area contributed by atoms with Crippen LogP contribution >= 0.6 is 0 Å². The topological polar surface area (TPSA) is 73.7 Å². The number of nitrogens with one attached hydrogen (secondary N) is 1. The highest BCUT2D eigenvalue weighted by atomic mass is 15.3. The average molecular weight is 220 g/mol. The van der Waals surface area contributed by atoms with Gasteiger partial charge in [-0.05, 0) is 6.07 Å². The van der Waals surface area contributed by atoms with Crippen molar-refractivity contribution in [2.75, 3.05) is 17.6 Å². The van der Waals surface area contributed by atoms with Crippen molar-refractivity contribution in [2.45, 2.75) is 6.42 Å². The van der Waals surface area contributed by atoms with E-state index in [0.717, 1.165) is 18.8 Å². The third-order valence-electron chi connectivity index (χ3n) is 2.45. The minimum absolute atomic E-state index is 0.674. The molecule has 16 heavy (non-hydrogen) atoms. The van der Waals surface area contributed by atoms with Crippen LogP contribution in [0, 0.1) is 0 Å². The molecule has 0 fully saturated rings. The van der Waals surface area contributed by atoms with E-state index in [1.807, 2.05) is 24.8 Å². The summed E-state index contributed by atoms with van der Waals surface area (Å²) in [5, 5.41) is 11.5. The number of hydrogen-bond donors (Lipinski definition) is 2. The van der Waals surface area contributed by atoms with Gasteiger partial charge in [0.25, 0.3) is 0 Å². The molecule has 3 N–H and O–H groups in total. The van der Waals surface area contributed by atoms with Crippen molar-refractivity contribution in [1.82, 2.24) is 19.6 Å². The fourth-order valence-corrected chi connectivity index (χ4v) is 1.60. The zero-order valence-electron chi connectivity index (χ0n) is 9.51. The van der Waals surface area contributed by atoms with E-state index in [1.54, 1.807) is 17.1 Å². The summed E-state index contributed by atoms with van der Waals surface area (Å²) in [7, 11) is 3.78. The molecule has 0 aliphatic heterocycles. The Balaban J connectivity index is 1.89. The van der Waals surface area contributed by atoms with Gasteiger partial charge < -0.3 is 11.1 Å². The Morgan fingerprint density at radius 2 is 2.25 bits per heavy atom. The average Bonchev–Trinajstić information content (AvgIpc) is 2.75. The maximum atomic E-state index is 5.77. The van der Waals surface area contributed by atoms with Gasteiger partial charge in [0.2, 0.25) is 0 Å². The van der Waals surface area contributed by atoms with Gasteiger partial charge in [-0.15, -0.1) is 0 Å². The maximum absolute atomic E-state index is 5.77. The second kappa shape index (κ2) is 4.26. The van der Waals surface area contributed by atoms with E-state index in [0.29, 0.717) is 5.69 Å². The minimum Gasteiger partial charge on any atom is -0.394 e. The Bertz CT molecular complexity index is 469. The van der Waals surface area contributed by atoms with Crippen molar-refractivity contribution in [2.24, 2.45) is 14.1 Å². The van der Waals surface area contributed by atoms with Crippen LogP contribution in [0.25, 0.3) is 0 Å². The first-order valence-electron chi connectivity index (χ1n) is 5.16. The van der Waals surface area contributed by atoms with E-state index in [-0.39, 0.29) is 0 Å². The molecule has 0 bridgehead atoms. The Morgan fingerprint density at radius 3 is 2.81 bits per heavy atom. The lowest BCUT2D eigenvalue weighted by atomic mass is 10.3. The number of aryl methyl sites for hydroxylation is 2. The lowest BCUT2D eigenvalue weighted by Gasteiger charge is -2.04. The van der Waals surface area contributed by atoms with Gasteiger partial charge in [-0.25, -0.2) is 0 Å². The fourth-order valence-electron chi connectivity index (χ4n) is 1.60. The van der Waals surface area contributed by atoms with Crippen molar-refractivity contribution >= 4 is 11.5 Å². The van der Waals surface area contributed by atoms with Crippen LogP contribution in [-0.4, -0.2) is 26.1 Å². The fraction of sp³-hybridized carbons (Fsp3) is 0.400. The van der Waals surface area contributed by atoms with Crippen LogP contribution in [0.3, 0.4) is 0 Å². The van der Waals surface area contributed by atoms with Crippen LogP contribution in [-0.2, 0) is 20.5 Å². The molecule has 0 radical (unpaired) electrons. The second-order valence-electron chi connectivity index (χ2n) is 3.73. The number of hydrogen-bond acceptors (Lipinski definition) is 4. The van der Waals surface area contributed by atoms with Gasteiger partial charge >= 0.3 is 0 Å². The third kappa shape index (κ3) is 2.16. The molecule has 0 aromatic carbocycles. The molecule has 6 nitrogen and oxygen atoms in total. The van der Waals surface area contributed by atoms with Crippen LogP contribution in [0.15, 0.2) is 18.5 Å². The van der Waals surface area contributed by atoms with E-state index in [9.17, 15) is 0 Å². The lowest BCUT2D eigenvalue weighted by molar-refractivity contribution is 0.709. The largest absolute Gasteiger partial charge is 0.394 e. The molecule has 2 aromatic rings. The molecule has 0 amide bonds. The normalized spacial score (nSPS) is 10.6.